The SMILES string of the molecule is CCCCn1ccbn1. The van der Waals surface area contributed by atoms with Gasteiger partial charge in [-0.15, -0.1) is 0 Å². The van der Waals surface area contributed by atoms with Crippen LogP contribution in [0.15, 0.2) is 12.2 Å². The Hall–Kier alpha value is -0.595. The van der Waals surface area contributed by atoms with E-state index in [4.69, 9.17) is 0 Å². The first kappa shape index (κ1) is 6.52. The van der Waals surface area contributed by atoms with Crippen LogP contribution >= 0.6 is 0 Å². The van der Waals surface area contributed by atoms with Crippen molar-refractivity contribution in [1.29, 1.82) is 0 Å². The molecule has 0 fully saturated rings. The fourth-order valence-electron chi connectivity index (χ4n) is 0.753. The summed E-state index contributed by atoms with van der Waals surface area (Å²) in [4.78, 5) is 0. The third kappa shape index (κ3) is 2.00. The van der Waals surface area contributed by atoms with Gasteiger partial charge in [0.15, 0.2) is 0 Å². The van der Waals surface area contributed by atoms with E-state index < -0.39 is 0 Å². The van der Waals surface area contributed by atoms with E-state index in [1.807, 2.05) is 23.9 Å². The molecule has 0 radical (unpaired) electrons. The van der Waals surface area contributed by atoms with E-state index in [-0.39, 0.29) is 0 Å². The minimum atomic E-state index is 1.06. The zero-order chi connectivity index (χ0) is 6.53. The second-order valence-electron chi connectivity index (χ2n) is 2.12. The molecule has 0 amide bonds. The van der Waals surface area contributed by atoms with Crippen LogP contribution in [0.3, 0.4) is 0 Å². The van der Waals surface area contributed by atoms with Crippen LogP contribution < -0.4 is 0 Å². The third-order valence-corrected chi connectivity index (χ3v) is 1.30. The molecule has 9 heavy (non-hydrogen) atoms. The van der Waals surface area contributed by atoms with Crippen molar-refractivity contribution >= 4 is 7.05 Å². The fourth-order valence-corrected chi connectivity index (χ4v) is 0.753. The Balaban J connectivity index is 2.30. The molecule has 0 atom stereocenters. The van der Waals surface area contributed by atoms with Crippen LogP contribution in [0.2, 0.25) is 0 Å². The first-order chi connectivity index (χ1) is 4.43. The molecule has 1 aromatic rings. The molecule has 2 nitrogen and oxygen atoms in total. The van der Waals surface area contributed by atoms with Crippen LogP contribution in [0.4, 0.5) is 0 Å². The molecule has 48 valence electrons. The number of hydrogen-bond donors (Lipinski definition) is 0. The van der Waals surface area contributed by atoms with Gasteiger partial charge in [0.25, 0.3) is 0 Å². The van der Waals surface area contributed by atoms with Crippen molar-refractivity contribution in [3.8, 4) is 0 Å². The van der Waals surface area contributed by atoms with Crippen LogP contribution in [0.5, 0.6) is 0 Å². The monoisotopic (exact) mass is 122 g/mol. The van der Waals surface area contributed by atoms with Gasteiger partial charge in [0.1, 0.15) is 0 Å². The molecule has 0 saturated carbocycles. The predicted octanol–water partition coefficient (Wildman–Crippen LogP) is 1.02. The van der Waals surface area contributed by atoms with Crippen LogP contribution in [0, 0.1) is 0 Å². The molecule has 0 aromatic carbocycles. The average Bonchev–Trinajstić information content (AvgIpc) is 2.34. The van der Waals surface area contributed by atoms with Gasteiger partial charge in [-0.2, -0.15) is 0 Å². The molecule has 0 saturated heterocycles. The van der Waals surface area contributed by atoms with Crippen molar-refractivity contribution in [3.05, 3.63) is 12.2 Å². The molecule has 0 aliphatic rings. The summed E-state index contributed by atoms with van der Waals surface area (Å²) in [6.07, 6.45) is 4.46. The Morgan fingerprint density at radius 1 is 1.67 bits per heavy atom. The van der Waals surface area contributed by atoms with E-state index in [1.165, 1.54) is 12.8 Å². The summed E-state index contributed by atoms with van der Waals surface area (Å²) in [5, 5.41) is 4.07. The number of nitrogens with zero attached hydrogens (tertiary/aromatic N) is 2. The maximum atomic E-state index is 4.07. The van der Waals surface area contributed by atoms with Gasteiger partial charge in [0, 0.05) is 0 Å². The number of aromatic nitrogens is 2. The minimum absolute atomic E-state index is 1.06. The Labute approximate surface area is 56.1 Å². The van der Waals surface area contributed by atoms with E-state index in [0.29, 0.717) is 0 Å². The van der Waals surface area contributed by atoms with E-state index in [0.717, 1.165) is 6.54 Å². The maximum absolute atomic E-state index is 4.07. The van der Waals surface area contributed by atoms with Crippen LogP contribution in [0.25, 0.3) is 0 Å². The standard InChI is InChI=1S/C6H11BN2/c1-2-3-5-9-6-4-7-8-9/h4,6H,2-3,5H2,1H3. The number of rotatable bonds is 3. The van der Waals surface area contributed by atoms with Gasteiger partial charge < -0.3 is 0 Å². The van der Waals surface area contributed by atoms with Crippen molar-refractivity contribution in [2.24, 2.45) is 0 Å². The van der Waals surface area contributed by atoms with Gasteiger partial charge in [0.2, 0.25) is 0 Å². The van der Waals surface area contributed by atoms with Crippen molar-refractivity contribution < 1.29 is 0 Å². The molecule has 0 spiro atoms. The summed E-state index contributed by atoms with van der Waals surface area (Å²) in [5.74, 6) is 1.95. The number of aryl methyl sites for hydroxylation is 1. The summed E-state index contributed by atoms with van der Waals surface area (Å²) in [7, 11) is 1.82. The first-order valence-corrected chi connectivity index (χ1v) is 3.41. The van der Waals surface area contributed by atoms with Gasteiger partial charge >= 0.3 is 55.2 Å². The fraction of sp³-hybridized carbons (Fsp3) is 0.667. The summed E-state index contributed by atoms with van der Waals surface area (Å²) in [6.45, 7) is 3.24. The van der Waals surface area contributed by atoms with Crippen molar-refractivity contribution in [1.82, 2.24) is 9.69 Å². The Morgan fingerprint density at radius 3 is 3.11 bits per heavy atom. The molecular formula is C6H11BN2. The summed E-state index contributed by atoms with van der Waals surface area (Å²) in [5.41, 5.74) is 0. The average molecular weight is 122 g/mol. The zero-order valence-electron chi connectivity index (χ0n) is 5.75. The van der Waals surface area contributed by atoms with Gasteiger partial charge in [-0.3, -0.25) is 0 Å². The van der Waals surface area contributed by atoms with E-state index >= 15 is 0 Å². The van der Waals surface area contributed by atoms with E-state index in [9.17, 15) is 0 Å². The van der Waals surface area contributed by atoms with Crippen molar-refractivity contribution in [2.45, 2.75) is 26.3 Å². The number of unbranched alkanes of at least 4 members (excludes halogenated alkanes) is 1. The quantitative estimate of drug-likeness (QED) is 0.585. The van der Waals surface area contributed by atoms with E-state index in [2.05, 4.69) is 11.9 Å². The van der Waals surface area contributed by atoms with Crippen LogP contribution in [-0.4, -0.2) is 16.7 Å². The molecule has 0 aliphatic heterocycles. The molecule has 1 aromatic heterocycles. The topological polar surface area (TPSA) is 17.8 Å². The number of hydrogen-bond acceptors (Lipinski definition) is 1. The summed E-state index contributed by atoms with van der Waals surface area (Å²) < 4.78 is 1.96. The molecule has 0 bridgehead atoms. The Bertz CT molecular complexity index is 148. The molecular weight excluding hydrogens is 111 g/mol. The molecule has 0 N–H and O–H groups in total. The second kappa shape index (κ2) is 3.43. The van der Waals surface area contributed by atoms with Gasteiger partial charge in [0.05, 0.1) is 0 Å². The van der Waals surface area contributed by atoms with E-state index in [1.54, 1.807) is 0 Å². The van der Waals surface area contributed by atoms with Gasteiger partial charge in [-0.25, -0.2) is 0 Å². The van der Waals surface area contributed by atoms with Crippen molar-refractivity contribution in [2.75, 3.05) is 0 Å². The second-order valence-corrected chi connectivity index (χ2v) is 2.12. The van der Waals surface area contributed by atoms with Gasteiger partial charge in [-0.05, 0) is 0 Å². The normalized spacial score (nSPS) is 9.44. The first-order valence-electron chi connectivity index (χ1n) is 3.41. The molecule has 1 rings (SSSR count). The predicted molar refractivity (Wildman–Crippen MR) is 38.5 cm³/mol. The Morgan fingerprint density at radius 2 is 2.56 bits per heavy atom. The van der Waals surface area contributed by atoms with Crippen LogP contribution in [0.1, 0.15) is 19.8 Å². The summed E-state index contributed by atoms with van der Waals surface area (Å²) >= 11 is 0. The summed E-state index contributed by atoms with van der Waals surface area (Å²) in [6, 6.07) is 0. The Kier molecular flexibility index (Phi) is 2.49. The third-order valence-electron chi connectivity index (χ3n) is 1.30. The van der Waals surface area contributed by atoms with Crippen LogP contribution in [-0.2, 0) is 6.54 Å². The van der Waals surface area contributed by atoms with Gasteiger partial charge in [-0.1, -0.05) is 0 Å². The molecule has 3 heteroatoms. The molecule has 1 heterocycles. The zero-order valence-corrected chi connectivity index (χ0v) is 5.75. The molecule has 0 unspecified atom stereocenters. The van der Waals surface area contributed by atoms with Crippen molar-refractivity contribution in [3.63, 3.8) is 0 Å². The molecule has 0 aliphatic carbocycles.